The number of urea groups is 1. The fourth-order valence-electron chi connectivity index (χ4n) is 5.03. The van der Waals surface area contributed by atoms with Crippen LogP contribution in [0.25, 0.3) is 0 Å². The number of ether oxygens (including phenoxy) is 1. The molecule has 1 saturated heterocycles. The van der Waals surface area contributed by atoms with E-state index >= 15 is 0 Å². The Morgan fingerprint density at radius 2 is 1.60 bits per heavy atom. The van der Waals surface area contributed by atoms with E-state index < -0.39 is 0 Å². The van der Waals surface area contributed by atoms with Crippen LogP contribution in [-0.4, -0.2) is 68.0 Å². The summed E-state index contributed by atoms with van der Waals surface area (Å²) in [6.07, 6.45) is 3.88. The number of aliphatic imine (C=N–C) groups is 1. The van der Waals surface area contributed by atoms with Crippen molar-refractivity contribution < 1.29 is 42.2 Å². The summed E-state index contributed by atoms with van der Waals surface area (Å²) in [5.74, 6) is 0.194. The van der Waals surface area contributed by atoms with Gasteiger partial charge in [-0.1, -0.05) is 66.7 Å². The molecule has 0 unspecified atom stereocenters. The molecule has 6 nitrogen and oxygen atoms in total. The van der Waals surface area contributed by atoms with E-state index in [0.29, 0.717) is 24.5 Å². The fourth-order valence-corrected chi connectivity index (χ4v) is 5.03. The van der Waals surface area contributed by atoms with Crippen LogP contribution in [0.1, 0.15) is 29.0 Å². The quantitative estimate of drug-likeness (QED) is 0.152. The van der Waals surface area contributed by atoms with E-state index in [9.17, 15) is 4.79 Å². The van der Waals surface area contributed by atoms with Crippen LogP contribution in [0.15, 0.2) is 114 Å². The van der Waals surface area contributed by atoms with Crippen molar-refractivity contribution in [1.82, 2.24) is 9.80 Å². The second-order valence-corrected chi connectivity index (χ2v) is 10.1. The monoisotopic (exact) mass is 633 g/mol. The fraction of sp³-hybridized carbons (Fsp3) is 0.257. The average molecular weight is 634 g/mol. The maximum atomic E-state index is 13.7. The first-order chi connectivity index (χ1) is 20.2. The molecule has 2 amide bonds. The molecule has 1 radical (unpaired) electrons. The summed E-state index contributed by atoms with van der Waals surface area (Å²) >= 11 is 0. The molecule has 1 aliphatic rings. The molecule has 5 rings (SSSR count). The minimum absolute atomic E-state index is 0. The third-order valence-corrected chi connectivity index (χ3v) is 7.28. The number of carbonyl (C=O) groups is 1. The van der Waals surface area contributed by atoms with E-state index in [1.165, 1.54) is 11.1 Å². The number of hydrogen-bond acceptors (Lipinski definition) is 4. The summed E-state index contributed by atoms with van der Waals surface area (Å²) in [7, 11) is 0. The molecule has 1 N–H and O–H groups in total. The number of nitrogens with one attached hydrogen (secondary N) is 1. The van der Waals surface area contributed by atoms with Gasteiger partial charge in [-0.2, -0.15) is 24.3 Å². The number of anilines is 1. The number of para-hydroxylation sites is 1. The van der Waals surface area contributed by atoms with Crippen LogP contribution in [0, 0.1) is 6.07 Å². The smallest absolute Gasteiger partial charge is 0.321 e. The molecular weight excluding hydrogens is 597 g/mol. The molecule has 213 valence electrons. The molecule has 1 fully saturated rings. The second kappa shape index (κ2) is 17.1. The molecule has 0 atom stereocenters. The van der Waals surface area contributed by atoms with E-state index in [0.717, 1.165) is 44.8 Å². The van der Waals surface area contributed by atoms with Gasteiger partial charge in [-0.15, -0.1) is 29.4 Å². The summed E-state index contributed by atoms with van der Waals surface area (Å²) in [5.41, 5.74) is 4.72. The number of morpholine rings is 1. The van der Waals surface area contributed by atoms with Gasteiger partial charge >= 0.3 is 6.03 Å². The first-order valence-corrected chi connectivity index (χ1v) is 14.2. The van der Waals surface area contributed by atoms with E-state index in [4.69, 9.17) is 4.74 Å². The van der Waals surface area contributed by atoms with Gasteiger partial charge in [0.05, 0.1) is 13.2 Å². The predicted molar refractivity (Wildman–Crippen MR) is 165 cm³/mol. The van der Waals surface area contributed by atoms with Crippen molar-refractivity contribution in [3.05, 3.63) is 132 Å². The largest absolute Gasteiger partial charge is 0.379 e. The van der Waals surface area contributed by atoms with E-state index in [-0.39, 0.29) is 44.7 Å². The zero-order valence-corrected chi connectivity index (χ0v) is 26.7. The second-order valence-electron chi connectivity index (χ2n) is 10.1. The Morgan fingerprint density at radius 3 is 2.26 bits per heavy atom. The van der Waals surface area contributed by atoms with Crippen molar-refractivity contribution in [2.75, 3.05) is 51.3 Å². The molecule has 0 bridgehead atoms. The van der Waals surface area contributed by atoms with Crippen LogP contribution in [-0.2, 0) is 37.4 Å². The zero-order chi connectivity index (χ0) is 28.1. The summed E-state index contributed by atoms with van der Waals surface area (Å²) < 4.78 is 5.52. The number of nitrogens with zero attached hydrogens (tertiary/aromatic N) is 3. The zero-order valence-electron chi connectivity index (χ0n) is 23.9. The number of hydrogen-bond donors (Lipinski definition) is 1. The molecule has 42 heavy (non-hydrogen) atoms. The van der Waals surface area contributed by atoms with Crippen molar-refractivity contribution in [1.29, 1.82) is 0 Å². The van der Waals surface area contributed by atoms with E-state index in [1.54, 1.807) is 0 Å². The van der Waals surface area contributed by atoms with Gasteiger partial charge in [0.1, 0.15) is 0 Å². The number of rotatable bonds is 11. The van der Waals surface area contributed by atoms with Crippen LogP contribution in [0.2, 0.25) is 0 Å². The van der Waals surface area contributed by atoms with Crippen molar-refractivity contribution in [2.45, 2.75) is 12.3 Å². The van der Waals surface area contributed by atoms with Gasteiger partial charge < -0.3 is 19.9 Å². The van der Waals surface area contributed by atoms with Gasteiger partial charge in [-0.05, 0) is 23.8 Å². The van der Waals surface area contributed by atoms with Crippen LogP contribution < -0.4 is 5.32 Å². The molecule has 1 heterocycles. The predicted octanol–water partition coefficient (Wildman–Crippen LogP) is 6.50. The molecule has 0 aromatic heterocycles. The van der Waals surface area contributed by atoms with Crippen molar-refractivity contribution in [3.63, 3.8) is 0 Å². The Morgan fingerprint density at radius 1 is 0.905 bits per heavy atom. The molecule has 0 spiro atoms. The van der Waals surface area contributed by atoms with Crippen LogP contribution in [0.3, 0.4) is 0 Å². The molecule has 1 aliphatic heterocycles. The number of benzene rings is 4. The number of amides is 2. The van der Waals surface area contributed by atoms with Crippen LogP contribution in [0.5, 0.6) is 0 Å². The average Bonchev–Trinajstić information content (AvgIpc) is 3.04. The Bertz CT molecular complexity index is 1340. The Hall–Kier alpha value is -3.16. The molecule has 0 aliphatic carbocycles. The maximum absolute atomic E-state index is 13.7. The third kappa shape index (κ3) is 9.70. The summed E-state index contributed by atoms with van der Waals surface area (Å²) in [5, 5.41) is 3.13. The molecular formula is C35H36N4O2Y-2. The summed E-state index contributed by atoms with van der Waals surface area (Å²) in [6, 6.07) is 39.2. The Balaban J connectivity index is 0.00000405. The van der Waals surface area contributed by atoms with Crippen LogP contribution in [0.4, 0.5) is 16.2 Å². The standard InChI is InChI=1S/C35H36N4O2.Y/c40-35(37-33-18-10-11-29(27-33)28-36-32-16-8-3-9-17-32)39(22-21-38-23-25-41-26-24-38)20-19-34(30-12-4-1-5-13-30)31-14-6-2-7-15-31;/h1-16,18,27,34H,19-26H2,(H,37,40);/q-2;. The molecule has 0 saturated carbocycles. The third-order valence-electron chi connectivity index (χ3n) is 7.28. The van der Waals surface area contributed by atoms with Gasteiger partial charge in [-0.3, -0.25) is 4.90 Å². The molecule has 4 aromatic rings. The molecule has 4 aromatic carbocycles. The topological polar surface area (TPSA) is 57.2 Å². The minimum Gasteiger partial charge on any atom is -0.379 e. The SMILES string of the molecule is O=C(Nc1cccc([C-]=Nc2[c-]cccc2)c1)N(CCC(c1ccccc1)c1ccccc1)CCN1CCOCC1.[Y]. The Kier molecular flexibility index (Phi) is 12.9. The minimum atomic E-state index is -0.108. The van der Waals surface area contributed by atoms with Gasteiger partial charge in [-0.25, -0.2) is 10.9 Å². The van der Waals surface area contributed by atoms with E-state index in [2.05, 4.69) is 76.0 Å². The maximum Gasteiger partial charge on any atom is 0.321 e. The summed E-state index contributed by atoms with van der Waals surface area (Å²) in [4.78, 5) is 22.4. The summed E-state index contributed by atoms with van der Waals surface area (Å²) in [6.45, 7) is 5.33. The van der Waals surface area contributed by atoms with Gasteiger partial charge in [0.25, 0.3) is 0 Å². The van der Waals surface area contributed by atoms with Crippen molar-refractivity contribution in [3.8, 4) is 0 Å². The first-order valence-electron chi connectivity index (χ1n) is 14.2. The van der Waals surface area contributed by atoms with Crippen molar-refractivity contribution in [2.24, 2.45) is 4.99 Å². The van der Waals surface area contributed by atoms with Gasteiger partial charge in [0.15, 0.2) is 0 Å². The van der Waals surface area contributed by atoms with Crippen LogP contribution >= 0.6 is 0 Å². The van der Waals surface area contributed by atoms with Crippen molar-refractivity contribution >= 4 is 23.6 Å². The van der Waals surface area contributed by atoms with Gasteiger partial charge in [0, 0.05) is 77.0 Å². The van der Waals surface area contributed by atoms with E-state index in [1.807, 2.05) is 65.6 Å². The number of carbonyl (C=O) groups excluding carboxylic acids is 1. The normalized spacial score (nSPS) is 13.5. The van der Waals surface area contributed by atoms with Gasteiger partial charge in [0.2, 0.25) is 0 Å². The molecule has 7 heteroatoms. The Labute approximate surface area is 274 Å². The first kappa shape index (κ1) is 31.8.